The summed E-state index contributed by atoms with van der Waals surface area (Å²) in [6.07, 6.45) is 0. The summed E-state index contributed by atoms with van der Waals surface area (Å²) in [5, 5.41) is 14.4. The molecule has 0 amide bonds. The summed E-state index contributed by atoms with van der Waals surface area (Å²) in [7, 11) is 1.49. The van der Waals surface area contributed by atoms with Gasteiger partial charge in [-0.05, 0) is 42.5 Å². The molecule has 8 heteroatoms. The van der Waals surface area contributed by atoms with Crippen molar-refractivity contribution in [2.45, 2.75) is 0 Å². The lowest BCUT2D eigenvalue weighted by Gasteiger charge is -2.09. The van der Waals surface area contributed by atoms with Crippen molar-refractivity contribution >= 4 is 10.9 Å². The van der Waals surface area contributed by atoms with E-state index in [1.165, 1.54) is 48.0 Å². The molecule has 2 aromatic heterocycles. The molecular weight excluding hydrogens is 344 g/mol. The molecule has 2 aromatic carbocycles. The first kappa shape index (κ1) is 15.9. The fraction of sp³-hybridized carbons (Fsp3) is 0.0556. The molecule has 0 aliphatic rings. The molecule has 0 spiro atoms. The number of hydrogen-bond acceptors (Lipinski definition) is 5. The molecule has 4 rings (SSSR count). The van der Waals surface area contributed by atoms with Crippen molar-refractivity contribution < 1.29 is 18.4 Å². The maximum absolute atomic E-state index is 13.6. The van der Waals surface area contributed by atoms with Gasteiger partial charge in [-0.1, -0.05) is 5.16 Å². The first-order valence-corrected chi connectivity index (χ1v) is 7.57. The molecule has 1 N–H and O–H groups in total. The monoisotopic (exact) mass is 355 g/mol. The number of aromatic nitrogens is 3. The maximum Gasteiger partial charge on any atom is 0.267 e. The molecule has 0 radical (unpaired) electrons. The zero-order valence-electron chi connectivity index (χ0n) is 13.4. The standard InChI is InChI=1S/C18H11F2N3O3/c1-23-13-7-6-11(20)8-12(13)15(24)14(18(23)25)17-21-16(22-26-17)9-2-4-10(19)5-3-9/h2-8,24H,1H3. The van der Waals surface area contributed by atoms with E-state index in [1.807, 2.05) is 0 Å². The van der Waals surface area contributed by atoms with Gasteiger partial charge in [0.05, 0.1) is 5.52 Å². The Morgan fingerprint density at radius 3 is 2.50 bits per heavy atom. The second-order valence-electron chi connectivity index (χ2n) is 5.68. The van der Waals surface area contributed by atoms with Gasteiger partial charge in [0.15, 0.2) is 0 Å². The Kier molecular flexibility index (Phi) is 3.54. The van der Waals surface area contributed by atoms with Gasteiger partial charge in [0.2, 0.25) is 5.82 Å². The van der Waals surface area contributed by atoms with E-state index in [2.05, 4.69) is 10.1 Å². The molecule has 130 valence electrons. The fourth-order valence-electron chi connectivity index (χ4n) is 2.74. The fourth-order valence-corrected chi connectivity index (χ4v) is 2.74. The first-order valence-electron chi connectivity index (χ1n) is 7.57. The van der Waals surface area contributed by atoms with Crippen molar-refractivity contribution in [2.75, 3.05) is 0 Å². The van der Waals surface area contributed by atoms with Crippen LogP contribution in [0.15, 0.2) is 51.8 Å². The molecule has 0 saturated heterocycles. The largest absolute Gasteiger partial charge is 0.506 e. The number of halogens is 2. The smallest absolute Gasteiger partial charge is 0.267 e. The highest BCUT2D eigenvalue weighted by molar-refractivity contribution is 5.91. The third-order valence-corrected chi connectivity index (χ3v) is 4.07. The molecule has 0 unspecified atom stereocenters. The van der Waals surface area contributed by atoms with Gasteiger partial charge in [-0.2, -0.15) is 4.98 Å². The van der Waals surface area contributed by atoms with E-state index < -0.39 is 22.9 Å². The molecule has 26 heavy (non-hydrogen) atoms. The quantitative estimate of drug-likeness (QED) is 0.597. The maximum atomic E-state index is 13.6. The van der Waals surface area contributed by atoms with Crippen molar-refractivity contribution in [3.8, 4) is 28.6 Å². The molecule has 0 saturated carbocycles. The summed E-state index contributed by atoms with van der Waals surface area (Å²) < 4.78 is 33.0. The number of aromatic hydroxyl groups is 1. The second-order valence-corrected chi connectivity index (χ2v) is 5.68. The van der Waals surface area contributed by atoms with Gasteiger partial charge in [-0.15, -0.1) is 0 Å². The first-order chi connectivity index (χ1) is 12.5. The predicted molar refractivity (Wildman–Crippen MR) is 89.5 cm³/mol. The van der Waals surface area contributed by atoms with Gasteiger partial charge >= 0.3 is 0 Å². The van der Waals surface area contributed by atoms with Gasteiger partial charge < -0.3 is 14.2 Å². The topological polar surface area (TPSA) is 81.2 Å². The summed E-state index contributed by atoms with van der Waals surface area (Å²) in [5.41, 5.74) is 0.0304. The van der Waals surface area contributed by atoms with E-state index in [4.69, 9.17) is 4.52 Å². The normalized spacial score (nSPS) is 11.2. The van der Waals surface area contributed by atoms with Gasteiger partial charge in [-0.3, -0.25) is 4.79 Å². The van der Waals surface area contributed by atoms with E-state index in [1.54, 1.807) is 0 Å². The Morgan fingerprint density at radius 1 is 1.08 bits per heavy atom. The van der Waals surface area contributed by atoms with Crippen molar-refractivity contribution in [2.24, 2.45) is 7.05 Å². The highest BCUT2D eigenvalue weighted by atomic mass is 19.1. The van der Waals surface area contributed by atoms with Crippen molar-refractivity contribution in [1.29, 1.82) is 0 Å². The number of benzene rings is 2. The van der Waals surface area contributed by atoms with Gasteiger partial charge in [-0.25, -0.2) is 8.78 Å². The molecule has 0 aliphatic carbocycles. The van der Waals surface area contributed by atoms with Gasteiger partial charge in [0.25, 0.3) is 11.4 Å². The molecular formula is C18H11F2N3O3. The van der Waals surface area contributed by atoms with Crippen LogP contribution in [0.1, 0.15) is 0 Å². The van der Waals surface area contributed by atoms with E-state index in [0.29, 0.717) is 11.1 Å². The number of aryl methyl sites for hydroxylation is 1. The lowest BCUT2D eigenvalue weighted by Crippen LogP contribution is -2.19. The van der Waals surface area contributed by atoms with Crippen LogP contribution in [0.4, 0.5) is 8.78 Å². The zero-order chi connectivity index (χ0) is 18.4. The average molecular weight is 355 g/mol. The Labute approximate surface area is 144 Å². The number of pyridine rings is 1. The Morgan fingerprint density at radius 2 is 1.77 bits per heavy atom. The van der Waals surface area contributed by atoms with Crippen LogP contribution in [0.5, 0.6) is 5.75 Å². The van der Waals surface area contributed by atoms with Crippen LogP contribution in [0.2, 0.25) is 0 Å². The summed E-state index contributed by atoms with van der Waals surface area (Å²) in [6.45, 7) is 0. The zero-order valence-corrected chi connectivity index (χ0v) is 13.4. The van der Waals surface area contributed by atoms with Crippen LogP contribution in [0.3, 0.4) is 0 Å². The Bertz CT molecular complexity index is 1200. The Hall–Kier alpha value is -3.55. The minimum atomic E-state index is -0.573. The van der Waals surface area contributed by atoms with Crippen LogP contribution in [0.25, 0.3) is 33.7 Å². The minimum absolute atomic E-state index is 0.126. The van der Waals surface area contributed by atoms with Crippen LogP contribution in [-0.4, -0.2) is 19.8 Å². The molecule has 4 aromatic rings. The van der Waals surface area contributed by atoms with Crippen molar-refractivity contribution in [3.63, 3.8) is 0 Å². The van der Waals surface area contributed by atoms with E-state index in [-0.39, 0.29) is 22.7 Å². The third-order valence-electron chi connectivity index (χ3n) is 4.07. The summed E-state index contributed by atoms with van der Waals surface area (Å²) in [5.74, 6) is -1.51. The van der Waals surface area contributed by atoms with E-state index in [9.17, 15) is 18.7 Å². The van der Waals surface area contributed by atoms with Gasteiger partial charge in [0.1, 0.15) is 22.9 Å². The predicted octanol–water partition coefficient (Wildman–Crippen LogP) is 3.24. The third kappa shape index (κ3) is 2.43. The van der Waals surface area contributed by atoms with E-state index >= 15 is 0 Å². The van der Waals surface area contributed by atoms with E-state index in [0.717, 1.165) is 6.07 Å². The molecule has 0 atom stereocenters. The minimum Gasteiger partial charge on any atom is -0.506 e. The molecule has 0 bridgehead atoms. The number of hydrogen-bond donors (Lipinski definition) is 1. The van der Waals surface area contributed by atoms with Crippen LogP contribution >= 0.6 is 0 Å². The lowest BCUT2D eigenvalue weighted by molar-refractivity contribution is 0.425. The average Bonchev–Trinajstić information content (AvgIpc) is 3.10. The summed E-state index contributed by atoms with van der Waals surface area (Å²) in [4.78, 5) is 16.7. The highest BCUT2D eigenvalue weighted by Gasteiger charge is 2.22. The molecule has 2 heterocycles. The molecule has 6 nitrogen and oxygen atoms in total. The molecule has 0 aliphatic heterocycles. The number of fused-ring (bicyclic) bond motifs is 1. The van der Waals surface area contributed by atoms with Crippen molar-refractivity contribution in [3.05, 3.63) is 64.5 Å². The van der Waals surface area contributed by atoms with Crippen LogP contribution in [0, 0.1) is 11.6 Å². The summed E-state index contributed by atoms with van der Waals surface area (Å²) >= 11 is 0. The van der Waals surface area contributed by atoms with Crippen LogP contribution < -0.4 is 5.56 Å². The Balaban J connectivity index is 1.92. The van der Waals surface area contributed by atoms with Gasteiger partial charge in [0, 0.05) is 18.0 Å². The van der Waals surface area contributed by atoms with Crippen molar-refractivity contribution in [1.82, 2.24) is 14.7 Å². The highest BCUT2D eigenvalue weighted by Crippen LogP contribution is 2.33. The van der Waals surface area contributed by atoms with Crippen LogP contribution in [-0.2, 0) is 7.05 Å². The molecule has 0 fully saturated rings. The second kappa shape index (κ2) is 5.76. The number of rotatable bonds is 2. The lowest BCUT2D eigenvalue weighted by atomic mass is 10.1. The number of nitrogens with zero attached hydrogens (tertiary/aromatic N) is 3. The summed E-state index contributed by atoms with van der Waals surface area (Å²) in [6, 6.07) is 9.09. The SMILES string of the molecule is Cn1c(=O)c(-c2nc(-c3ccc(F)cc3)no2)c(O)c2cc(F)ccc21.